The minimum Gasteiger partial charge on any atom is -0.478 e. The molecular formula is C14H19N3O2. The number of aryl methyl sites for hydroxylation is 1. The molecule has 19 heavy (non-hydrogen) atoms. The van der Waals surface area contributed by atoms with Crippen molar-refractivity contribution in [3.8, 4) is 0 Å². The topological polar surface area (TPSA) is 56.7 Å². The molecular weight excluding hydrogens is 242 g/mol. The second-order valence-corrected chi connectivity index (χ2v) is 5.40. The second kappa shape index (κ2) is 4.81. The lowest BCUT2D eigenvalue weighted by atomic mass is 10.1. The normalized spacial score (nSPS) is 20.6. The van der Waals surface area contributed by atoms with Gasteiger partial charge in [-0.3, -0.25) is 9.88 Å². The van der Waals surface area contributed by atoms with Crippen molar-refractivity contribution in [2.45, 2.75) is 25.8 Å². The number of carboxylic acids is 1. The SMILES string of the molecule is Cc1cc(N2CCN(C3CC3)CC2)c(C(=O)O)cn1. The number of nitrogens with zero attached hydrogens (tertiary/aromatic N) is 3. The van der Waals surface area contributed by atoms with Gasteiger partial charge in [-0.25, -0.2) is 4.79 Å². The molecule has 0 radical (unpaired) electrons. The predicted octanol–water partition coefficient (Wildman–Crippen LogP) is 1.37. The first-order valence-corrected chi connectivity index (χ1v) is 6.84. The standard InChI is InChI=1S/C14H19N3O2/c1-10-8-13(12(9-15-10)14(18)19)17-6-4-16(5-7-17)11-2-3-11/h8-9,11H,2-7H2,1H3,(H,18,19). The second-order valence-electron chi connectivity index (χ2n) is 5.40. The highest BCUT2D eigenvalue weighted by Gasteiger charge is 2.31. The van der Waals surface area contributed by atoms with Crippen LogP contribution in [0.2, 0.25) is 0 Å². The molecule has 2 heterocycles. The van der Waals surface area contributed by atoms with E-state index in [1.165, 1.54) is 19.0 Å². The first kappa shape index (κ1) is 12.4. The molecule has 1 aromatic heterocycles. The molecule has 1 aliphatic carbocycles. The van der Waals surface area contributed by atoms with Gasteiger partial charge in [0.15, 0.2) is 0 Å². The fraction of sp³-hybridized carbons (Fsp3) is 0.571. The van der Waals surface area contributed by atoms with Gasteiger partial charge in [-0.2, -0.15) is 0 Å². The van der Waals surface area contributed by atoms with Crippen LogP contribution in [0.15, 0.2) is 12.3 Å². The summed E-state index contributed by atoms with van der Waals surface area (Å²) in [5, 5.41) is 9.26. The zero-order chi connectivity index (χ0) is 13.4. The first-order valence-electron chi connectivity index (χ1n) is 6.84. The van der Waals surface area contributed by atoms with E-state index in [9.17, 15) is 9.90 Å². The van der Waals surface area contributed by atoms with E-state index in [0.29, 0.717) is 5.56 Å². The summed E-state index contributed by atoms with van der Waals surface area (Å²) in [5.74, 6) is -0.896. The summed E-state index contributed by atoms with van der Waals surface area (Å²) in [5.41, 5.74) is 1.99. The highest BCUT2D eigenvalue weighted by atomic mass is 16.4. The van der Waals surface area contributed by atoms with Gasteiger partial charge in [0.05, 0.1) is 5.69 Å². The van der Waals surface area contributed by atoms with Crippen LogP contribution in [0.3, 0.4) is 0 Å². The number of aromatic nitrogens is 1. The molecule has 5 nitrogen and oxygen atoms in total. The van der Waals surface area contributed by atoms with Crippen LogP contribution in [0, 0.1) is 6.92 Å². The van der Waals surface area contributed by atoms with Gasteiger partial charge in [0.1, 0.15) is 5.56 Å². The smallest absolute Gasteiger partial charge is 0.339 e. The molecule has 1 N–H and O–H groups in total. The van der Waals surface area contributed by atoms with Crippen LogP contribution in [0.5, 0.6) is 0 Å². The molecule has 3 rings (SSSR count). The summed E-state index contributed by atoms with van der Waals surface area (Å²) in [7, 11) is 0. The lowest BCUT2D eigenvalue weighted by Crippen LogP contribution is -2.47. The summed E-state index contributed by atoms with van der Waals surface area (Å²) < 4.78 is 0. The molecule has 0 bridgehead atoms. The van der Waals surface area contributed by atoms with E-state index in [0.717, 1.165) is 43.6 Å². The van der Waals surface area contributed by atoms with Gasteiger partial charge >= 0.3 is 5.97 Å². The largest absolute Gasteiger partial charge is 0.478 e. The molecule has 0 unspecified atom stereocenters. The van der Waals surface area contributed by atoms with Crippen molar-refractivity contribution in [1.82, 2.24) is 9.88 Å². The van der Waals surface area contributed by atoms with Gasteiger partial charge in [-0.15, -0.1) is 0 Å². The number of hydrogen-bond acceptors (Lipinski definition) is 4. The maximum Gasteiger partial charge on any atom is 0.339 e. The molecule has 1 saturated heterocycles. The van der Waals surface area contributed by atoms with Crippen LogP contribution in [-0.4, -0.2) is 53.2 Å². The van der Waals surface area contributed by atoms with Crippen molar-refractivity contribution in [3.05, 3.63) is 23.5 Å². The van der Waals surface area contributed by atoms with E-state index in [-0.39, 0.29) is 0 Å². The Labute approximate surface area is 112 Å². The average molecular weight is 261 g/mol. The zero-order valence-electron chi connectivity index (χ0n) is 11.2. The molecule has 2 aliphatic rings. The first-order chi connectivity index (χ1) is 9.15. The Balaban J connectivity index is 1.78. The van der Waals surface area contributed by atoms with Crippen molar-refractivity contribution in [2.75, 3.05) is 31.1 Å². The number of aromatic carboxylic acids is 1. The lowest BCUT2D eigenvalue weighted by Gasteiger charge is -2.36. The van der Waals surface area contributed by atoms with Gasteiger partial charge < -0.3 is 10.0 Å². The summed E-state index contributed by atoms with van der Waals surface area (Å²) in [6.45, 7) is 5.77. The minimum atomic E-state index is -0.896. The molecule has 0 aromatic carbocycles. The van der Waals surface area contributed by atoms with Crippen molar-refractivity contribution in [2.24, 2.45) is 0 Å². The molecule has 2 fully saturated rings. The number of piperazine rings is 1. The van der Waals surface area contributed by atoms with Gasteiger partial charge in [0.2, 0.25) is 0 Å². The van der Waals surface area contributed by atoms with Crippen molar-refractivity contribution in [1.29, 1.82) is 0 Å². The Kier molecular flexibility index (Phi) is 3.14. The molecule has 1 aliphatic heterocycles. The lowest BCUT2D eigenvalue weighted by molar-refractivity contribution is 0.0697. The van der Waals surface area contributed by atoms with Gasteiger partial charge in [-0.1, -0.05) is 0 Å². The van der Waals surface area contributed by atoms with E-state index < -0.39 is 5.97 Å². The fourth-order valence-electron chi connectivity index (χ4n) is 2.74. The highest BCUT2D eigenvalue weighted by Crippen LogP contribution is 2.29. The predicted molar refractivity (Wildman–Crippen MR) is 72.7 cm³/mol. The number of pyridine rings is 1. The van der Waals surface area contributed by atoms with Crippen molar-refractivity contribution in [3.63, 3.8) is 0 Å². The number of anilines is 1. The molecule has 1 saturated carbocycles. The van der Waals surface area contributed by atoms with Crippen LogP contribution in [0.4, 0.5) is 5.69 Å². The average Bonchev–Trinajstić information content (AvgIpc) is 3.23. The van der Waals surface area contributed by atoms with E-state index in [1.807, 2.05) is 13.0 Å². The summed E-state index contributed by atoms with van der Waals surface area (Å²) in [6.07, 6.45) is 4.13. The third-order valence-corrected chi connectivity index (χ3v) is 3.97. The van der Waals surface area contributed by atoms with Crippen LogP contribution in [-0.2, 0) is 0 Å². The van der Waals surface area contributed by atoms with Crippen LogP contribution in [0.25, 0.3) is 0 Å². The molecule has 102 valence electrons. The Morgan fingerprint density at radius 2 is 2.00 bits per heavy atom. The van der Waals surface area contributed by atoms with E-state index in [4.69, 9.17) is 0 Å². The third kappa shape index (κ3) is 2.56. The number of rotatable bonds is 3. The molecule has 0 spiro atoms. The zero-order valence-corrected chi connectivity index (χ0v) is 11.2. The summed E-state index contributed by atoms with van der Waals surface area (Å²) in [4.78, 5) is 20.1. The molecule has 5 heteroatoms. The Bertz CT molecular complexity index is 491. The highest BCUT2D eigenvalue weighted by molar-refractivity contribution is 5.94. The summed E-state index contributed by atoms with van der Waals surface area (Å²) in [6, 6.07) is 2.68. The van der Waals surface area contributed by atoms with Crippen LogP contribution in [0.1, 0.15) is 28.9 Å². The summed E-state index contributed by atoms with van der Waals surface area (Å²) >= 11 is 0. The minimum absolute atomic E-state index is 0.311. The van der Waals surface area contributed by atoms with E-state index in [1.54, 1.807) is 0 Å². The maximum atomic E-state index is 11.3. The number of hydrogen-bond donors (Lipinski definition) is 1. The Morgan fingerprint density at radius 1 is 1.32 bits per heavy atom. The quantitative estimate of drug-likeness (QED) is 0.890. The number of carbonyl (C=O) groups is 1. The van der Waals surface area contributed by atoms with Crippen LogP contribution >= 0.6 is 0 Å². The van der Waals surface area contributed by atoms with Gasteiger partial charge in [0, 0.05) is 44.1 Å². The van der Waals surface area contributed by atoms with Gasteiger partial charge in [-0.05, 0) is 25.8 Å². The fourth-order valence-corrected chi connectivity index (χ4v) is 2.74. The van der Waals surface area contributed by atoms with Gasteiger partial charge in [0.25, 0.3) is 0 Å². The molecule has 0 atom stereocenters. The van der Waals surface area contributed by atoms with Crippen LogP contribution < -0.4 is 4.90 Å². The molecule has 1 aromatic rings. The van der Waals surface area contributed by atoms with E-state index in [2.05, 4.69) is 14.8 Å². The molecule has 0 amide bonds. The third-order valence-electron chi connectivity index (χ3n) is 3.97. The maximum absolute atomic E-state index is 11.3. The Morgan fingerprint density at radius 3 is 2.58 bits per heavy atom. The number of carboxylic acid groups (broad SMARTS) is 1. The van der Waals surface area contributed by atoms with E-state index >= 15 is 0 Å². The monoisotopic (exact) mass is 261 g/mol. The van der Waals surface area contributed by atoms with Crippen molar-refractivity contribution < 1.29 is 9.90 Å². The van der Waals surface area contributed by atoms with Crippen molar-refractivity contribution >= 4 is 11.7 Å². The Hall–Kier alpha value is -1.62.